The molecule has 2 aromatic rings. The van der Waals surface area contributed by atoms with Gasteiger partial charge < -0.3 is 4.98 Å². The highest BCUT2D eigenvalue weighted by Crippen LogP contribution is 2.17. The molecule has 0 aliphatic carbocycles. The molecule has 0 unspecified atom stereocenters. The average molecular weight is 201 g/mol. The van der Waals surface area contributed by atoms with E-state index in [-0.39, 0.29) is 5.56 Å². The molecule has 2 nitrogen and oxygen atoms in total. The lowest BCUT2D eigenvalue weighted by Crippen LogP contribution is -2.11. The number of aromatic amines is 1. The maximum absolute atomic E-state index is 11.6. The van der Waals surface area contributed by atoms with Crippen LogP contribution in [0.3, 0.4) is 0 Å². The van der Waals surface area contributed by atoms with Gasteiger partial charge in [-0.2, -0.15) is 0 Å². The third-order valence-electron chi connectivity index (χ3n) is 2.75. The van der Waals surface area contributed by atoms with E-state index in [4.69, 9.17) is 0 Å². The standard InChI is InChI=1S/C13H15NO/c1-4-10-7-11-6-8(2)5-9(3)12(11)14-13(10)15/h5-7H,4H2,1-3H3,(H,14,15). The van der Waals surface area contributed by atoms with Crippen molar-refractivity contribution in [1.82, 2.24) is 4.98 Å². The minimum atomic E-state index is 0.0388. The van der Waals surface area contributed by atoms with Gasteiger partial charge in [-0.25, -0.2) is 0 Å². The highest BCUT2D eigenvalue weighted by molar-refractivity contribution is 5.82. The van der Waals surface area contributed by atoms with E-state index in [0.29, 0.717) is 0 Å². The van der Waals surface area contributed by atoms with E-state index in [1.54, 1.807) is 0 Å². The number of nitrogens with one attached hydrogen (secondary N) is 1. The Balaban J connectivity index is 2.87. The molecule has 1 aromatic carbocycles. The summed E-state index contributed by atoms with van der Waals surface area (Å²) in [6, 6.07) is 6.19. The van der Waals surface area contributed by atoms with Crippen LogP contribution in [-0.4, -0.2) is 4.98 Å². The molecular formula is C13H15NO. The van der Waals surface area contributed by atoms with Crippen molar-refractivity contribution >= 4 is 10.9 Å². The number of aryl methyl sites for hydroxylation is 3. The topological polar surface area (TPSA) is 32.9 Å². The molecule has 0 bridgehead atoms. The van der Waals surface area contributed by atoms with E-state index in [1.807, 2.05) is 19.9 Å². The van der Waals surface area contributed by atoms with Gasteiger partial charge >= 0.3 is 0 Å². The maximum atomic E-state index is 11.6. The zero-order valence-electron chi connectivity index (χ0n) is 9.35. The van der Waals surface area contributed by atoms with Gasteiger partial charge in [0.15, 0.2) is 0 Å². The summed E-state index contributed by atoms with van der Waals surface area (Å²) in [5, 5.41) is 1.13. The van der Waals surface area contributed by atoms with Crippen molar-refractivity contribution in [1.29, 1.82) is 0 Å². The number of benzene rings is 1. The summed E-state index contributed by atoms with van der Waals surface area (Å²) in [6.45, 7) is 6.10. The second kappa shape index (κ2) is 3.54. The SMILES string of the molecule is CCc1cc2cc(C)cc(C)c2[nH]c1=O. The van der Waals surface area contributed by atoms with Crippen LogP contribution in [-0.2, 0) is 6.42 Å². The van der Waals surface area contributed by atoms with E-state index in [1.165, 1.54) is 5.56 Å². The van der Waals surface area contributed by atoms with Gasteiger partial charge in [-0.05, 0) is 43.4 Å². The Morgan fingerprint density at radius 3 is 2.60 bits per heavy atom. The Bertz CT molecular complexity index is 566. The molecule has 0 aliphatic heterocycles. The quantitative estimate of drug-likeness (QED) is 0.756. The monoisotopic (exact) mass is 201 g/mol. The van der Waals surface area contributed by atoms with Crippen LogP contribution >= 0.6 is 0 Å². The molecule has 0 fully saturated rings. The third-order valence-corrected chi connectivity index (χ3v) is 2.75. The molecule has 2 heteroatoms. The summed E-state index contributed by atoms with van der Waals surface area (Å²) in [4.78, 5) is 14.6. The zero-order chi connectivity index (χ0) is 11.0. The van der Waals surface area contributed by atoms with Crippen molar-refractivity contribution in [3.8, 4) is 0 Å². The van der Waals surface area contributed by atoms with E-state index in [2.05, 4.69) is 24.0 Å². The normalized spacial score (nSPS) is 10.9. The van der Waals surface area contributed by atoms with E-state index in [0.717, 1.165) is 28.5 Å². The number of H-pyrrole nitrogens is 1. The van der Waals surface area contributed by atoms with E-state index in [9.17, 15) is 4.79 Å². The number of hydrogen-bond acceptors (Lipinski definition) is 1. The predicted molar refractivity (Wildman–Crippen MR) is 63.4 cm³/mol. The molecule has 2 rings (SSSR count). The first-order valence-electron chi connectivity index (χ1n) is 5.25. The minimum absolute atomic E-state index is 0.0388. The maximum Gasteiger partial charge on any atom is 0.251 e. The van der Waals surface area contributed by atoms with Crippen LogP contribution in [0, 0.1) is 13.8 Å². The number of aromatic nitrogens is 1. The Hall–Kier alpha value is -1.57. The van der Waals surface area contributed by atoms with Gasteiger partial charge in [-0.3, -0.25) is 4.79 Å². The minimum Gasteiger partial charge on any atom is -0.321 e. The number of hydrogen-bond donors (Lipinski definition) is 1. The van der Waals surface area contributed by atoms with Crippen LogP contribution in [0.1, 0.15) is 23.6 Å². The first kappa shape index (κ1) is 9.97. The fraction of sp³-hybridized carbons (Fsp3) is 0.308. The van der Waals surface area contributed by atoms with Crippen molar-refractivity contribution in [2.24, 2.45) is 0 Å². The lowest BCUT2D eigenvalue weighted by molar-refractivity contribution is 1.08. The second-order valence-corrected chi connectivity index (χ2v) is 4.02. The smallest absolute Gasteiger partial charge is 0.251 e. The summed E-state index contributed by atoms with van der Waals surface area (Å²) in [5.41, 5.74) is 4.21. The van der Waals surface area contributed by atoms with Crippen molar-refractivity contribution in [2.75, 3.05) is 0 Å². The number of fused-ring (bicyclic) bond motifs is 1. The van der Waals surface area contributed by atoms with Gasteiger partial charge in [0.1, 0.15) is 0 Å². The molecule has 78 valence electrons. The summed E-state index contributed by atoms with van der Waals surface area (Å²) >= 11 is 0. The van der Waals surface area contributed by atoms with Crippen LogP contribution in [0.15, 0.2) is 23.0 Å². The molecule has 1 N–H and O–H groups in total. The van der Waals surface area contributed by atoms with Crippen molar-refractivity contribution in [2.45, 2.75) is 27.2 Å². The van der Waals surface area contributed by atoms with Crippen molar-refractivity contribution < 1.29 is 0 Å². The predicted octanol–water partition coefficient (Wildman–Crippen LogP) is 2.71. The van der Waals surface area contributed by atoms with Crippen LogP contribution in [0.2, 0.25) is 0 Å². The molecule has 1 aromatic heterocycles. The summed E-state index contributed by atoms with van der Waals surface area (Å²) < 4.78 is 0. The Morgan fingerprint density at radius 1 is 1.20 bits per heavy atom. The third kappa shape index (κ3) is 1.67. The van der Waals surface area contributed by atoms with Crippen molar-refractivity contribution in [3.05, 3.63) is 45.2 Å². The van der Waals surface area contributed by atoms with Crippen LogP contribution < -0.4 is 5.56 Å². The molecule has 0 saturated carbocycles. The molecular weight excluding hydrogens is 186 g/mol. The molecule has 1 heterocycles. The molecule has 0 amide bonds. The Kier molecular flexibility index (Phi) is 2.35. The van der Waals surface area contributed by atoms with E-state index < -0.39 is 0 Å². The van der Waals surface area contributed by atoms with Crippen LogP contribution in [0.4, 0.5) is 0 Å². The van der Waals surface area contributed by atoms with Gasteiger partial charge in [0.05, 0.1) is 5.52 Å². The van der Waals surface area contributed by atoms with Gasteiger partial charge in [-0.15, -0.1) is 0 Å². The summed E-state index contributed by atoms with van der Waals surface area (Å²) in [7, 11) is 0. The highest BCUT2D eigenvalue weighted by Gasteiger charge is 2.03. The lowest BCUT2D eigenvalue weighted by Gasteiger charge is -2.05. The fourth-order valence-electron chi connectivity index (χ4n) is 1.99. The lowest BCUT2D eigenvalue weighted by atomic mass is 10.0. The first-order chi connectivity index (χ1) is 7.11. The molecule has 0 aliphatic rings. The van der Waals surface area contributed by atoms with Gasteiger partial charge in [0.25, 0.3) is 5.56 Å². The molecule has 0 radical (unpaired) electrons. The van der Waals surface area contributed by atoms with Gasteiger partial charge in [0, 0.05) is 5.56 Å². The van der Waals surface area contributed by atoms with Crippen LogP contribution in [0.25, 0.3) is 10.9 Å². The Morgan fingerprint density at radius 2 is 1.93 bits per heavy atom. The fourth-order valence-corrected chi connectivity index (χ4v) is 1.99. The second-order valence-electron chi connectivity index (χ2n) is 4.02. The summed E-state index contributed by atoms with van der Waals surface area (Å²) in [6.07, 6.45) is 0.776. The van der Waals surface area contributed by atoms with Gasteiger partial charge in [-0.1, -0.05) is 18.6 Å². The molecule has 0 saturated heterocycles. The van der Waals surface area contributed by atoms with Crippen molar-refractivity contribution in [3.63, 3.8) is 0 Å². The molecule has 0 spiro atoms. The molecule has 0 atom stereocenters. The average Bonchev–Trinajstić information content (AvgIpc) is 2.18. The highest BCUT2D eigenvalue weighted by atomic mass is 16.1. The first-order valence-corrected chi connectivity index (χ1v) is 5.25. The van der Waals surface area contributed by atoms with Crippen LogP contribution in [0.5, 0.6) is 0 Å². The largest absolute Gasteiger partial charge is 0.321 e. The van der Waals surface area contributed by atoms with E-state index >= 15 is 0 Å². The Labute approximate surface area is 89.0 Å². The number of rotatable bonds is 1. The number of pyridine rings is 1. The zero-order valence-corrected chi connectivity index (χ0v) is 9.35. The molecule has 15 heavy (non-hydrogen) atoms. The summed E-state index contributed by atoms with van der Waals surface area (Å²) in [5.74, 6) is 0. The van der Waals surface area contributed by atoms with Gasteiger partial charge in [0.2, 0.25) is 0 Å².